The molecular weight excluding hydrogens is 379 g/mol. The van der Waals surface area contributed by atoms with E-state index in [-0.39, 0.29) is 41.9 Å². The van der Waals surface area contributed by atoms with Gasteiger partial charge in [-0.1, -0.05) is 29.8 Å². The highest BCUT2D eigenvalue weighted by atomic mass is 32.2. The number of carbonyl (C=O) groups excluding carboxylic acids is 1. The van der Waals surface area contributed by atoms with Crippen molar-refractivity contribution in [3.05, 3.63) is 65.5 Å². The van der Waals surface area contributed by atoms with Crippen molar-refractivity contribution in [2.45, 2.75) is 25.4 Å². The fourth-order valence-corrected chi connectivity index (χ4v) is 6.15. The largest absolute Gasteiger partial charge is 0.306 e. The lowest BCUT2D eigenvalue weighted by atomic mass is 10.0. The molecule has 0 aromatic heterocycles. The molecule has 0 bridgehead atoms. The van der Waals surface area contributed by atoms with E-state index in [2.05, 4.69) is 0 Å². The molecule has 0 radical (unpaired) electrons. The van der Waals surface area contributed by atoms with E-state index in [9.17, 15) is 17.6 Å². The van der Waals surface area contributed by atoms with Crippen LogP contribution in [0.3, 0.4) is 0 Å². The summed E-state index contributed by atoms with van der Waals surface area (Å²) in [6, 6.07) is 13.3. The predicted octanol–water partition coefficient (Wildman–Crippen LogP) is 2.19. The first-order valence-corrected chi connectivity index (χ1v) is 11.2. The third-order valence-corrected chi connectivity index (χ3v) is 7.31. The van der Waals surface area contributed by atoms with Gasteiger partial charge in [0, 0.05) is 18.3 Å². The van der Waals surface area contributed by atoms with Crippen LogP contribution in [0.15, 0.2) is 48.5 Å². The fourth-order valence-electron chi connectivity index (χ4n) is 4.17. The molecule has 0 saturated carbocycles. The number of nitrogens with zero attached hydrogens (tertiary/aromatic N) is 2. The zero-order chi connectivity index (χ0) is 19.9. The van der Waals surface area contributed by atoms with E-state index in [1.807, 2.05) is 36.1 Å². The summed E-state index contributed by atoms with van der Waals surface area (Å²) in [4.78, 5) is 16.6. The zero-order valence-corrected chi connectivity index (χ0v) is 16.5. The molecule has 2 aromatic rings. The van der Waals surface area contributed by atoms with Gasteiger partial charge in [0.25, 0.3) is 0 Å². The van der Waals surface area contributed by atoms with Crippen molar-refractivity contribution in [2.75, 3.05) is 29.5 Å². The van der Waals surface area contributed by atoms with Crippen LogP contribution in [-0.2, 0) is 21.1 Å². The van der Waals surface area contributed by atoms with Crippen LogP contribution >= 0.6 is 0 Å². The van der Waals surface area contributed by atoms with Crippen molar-refractivity contribution in [1.82, 2.24) is 4.90 Å². The maximum absolute atomic E-state index is 13.1. The van der Waals surface area contributed by atoms with Crippen LogP contribution in [0, 0.1) is 12.7 Å². The van der Waals surface area contributed by atoms with Gasteiger partial charge in [-0.15, -0.1) is 0 Å². The maximum Gasteiger partial charge on any atom is 0.241 e. The first kappa shape index (κ1) is 19.1. The number of anilines is 1. The number of amides is 1. The summed E-state index contributed by atoms with van der Waals surface area (Å²) in [5.74, 6) is -0.310. The number of hydrogen-bond donors (Lipinski definition) is 0. The second-order valence-corrected chi connectivity index (χ2v) is 9.81. The van der Waals surface area contributed by atoms with E-state index < -0.39 is 9.84 Å². The molecule has 148 valence electrons. The topological polar surface area (TPSA) is 57.7 Å². The summed E-state index contributed by atoms with van der Waals surface area (Å²) in [6.45, 7) is 2.73. The van der Waals surface area contributed by atoms with Gasteiger partial charge >= 0.3 is 0 Å². The Labute approximate surface area is 164 Å². The molecular formula is C21H23FN2O3S. The molecule has 7 heteroatoms. The monoisotopic (exact) mass is 402 g/mol. The van der Waals surface area contributed by atoms with Gasteiger partial charge in [-0.2, -0.15) is 0 Å². The van der Waals surface area contributed by atoms with E-state index >= 15 is 0 Å². The Bertz CT molecular complexity index is 974. The van der Waals surface area contributed by atoms with E-state index in [0.717, 1.165) is 16.8 Å². The molecule has 1 amide bonds. The van der Waals surface area contributed by atoms with Crippen molar-refractivity contribution in [2.24, 2.45) is 0 Å². The Kier molecular flexibility index (Phi) is 4.97. The Morgan fingerprint density at radius 1 is 1.00 bits per heavy atom. The molecule has 0 N–H and O–H groups in total. The highest BCUT2D eigenvalue weighted by Crippen LogP contribution is 2.31. The summed E-state index contributed by atoms with van der Waals surface area (Å²) in [5, 5.41) is 0. The lowest BCUT2D eigenvalue weighted by Gasteiger charge is -2.43. The Hall–Kier alpha value is -2.25. The van der Waals surface area contributed by atoms with Crippen molar-refractivity contribution in [3.8, 4) is 0 Å². The van der Waals surface area contributed by atoms with Crippen LogP contribution in [-0.4, -0.2) is 55.9 Å². The summed E-state index contributed by atoms with van der Waals surface area (Å²) >= 11 is 0. The SMILES string of the molecule is Cc1ccc(N2C(=O)CN(CCc3ccc(F)cc3)[C@H]3CS(=O)(=O)C[C@H]32)cc1. The quantitative estimate of drug-likeness (QED) is 0.787. The number of fused-ring (bicyclic) bond motifs is 1. The number of aryl methyl sites for hydroxylation is 1. The van der Waals surface area contributed by atoms with Crippen LogP contribution in [0.5, 0.6) is 0 Å². The van der Waals surface area contributed by atoms with Crippen molar-refractivity contribution < 1.29 is 17.6 Å². The summed E-state index contributed by atoms with van der Waals surface area (Å²) in [6.07, 6.45) is 0.640. The third-order valence-electron chi connectivity index (χ3n) is 5.61. The minimum Gasteiger partial charge on any atom is -0.306 e. The molecule has 2 aliphatic rings. The van der Waals surface area contributed by atoms with Crippen LogP contribution < -0.4 is 4.90 Å². The van der Waals surface area contributed by atoms with E-state index in [0.29, 0.717) is 13.0 Å². The van der Waals surface area contributed by atoms with Crippen molar-refractivity contribution in [3.63, 3.8) is 0 Å². The molecule has 2 atom stereocenters. The molecule has 0 unspecified atom stereocenters. The van der Waals surface area contributed by atoms with Crippen LogP contribution in [0.1, 0.15) is 11.1 Å². The number of halogens is 1. The number of hydrogen-bond acceptors (Lipinski definition) is 4. The number of rotatable bonds is 4. The van der Waals surface area contributed by atoms with E-state index in [1.165, 1.54) is 12.1 Å². The van der Waals surface area contributed by atoms with Gasteiger partial charge < -0.3 is 4.90 Å². The van der Waals surface area contributed by atoms with Gasteiger partial charge in [0.2, 0.25) is 5.91 Å². The number of piperazine rings is 1. The summed E-state index contributed by atoms with van der Waals surface area (Å²) in [7, 11) is -3.21. The van der Waals surface area contributed by atoms with Crippen LogP contribution in [0.2, 0.25) is 0 Å². The molecule has 28 heavy (non-hydrogen) atoms. The van der Waals surface area contributed by atoms with Crippen LogP contribution in [0.4, 0.5) is 10.1 Å². The summed E-state index contributed by atoms with van der Waals surface area (Å²) in [5.41, 5.74) is 2.80. The van der Waals surface area contributed by atoms with Crippen molar-refractivity contribution in [1.29, 1.82) is 0 Å². The van der Waals surface area contributed by atoms with Crippen LogP contribution in [0.25, 0.3) is 0 Å². The number of carbonyl (C=O) groups is 1. The Morgan fingerprint density at radius 2 is 1.64 bits per heavy atom. The van der Waals surface area contributed by atoms with Gasteiger partial charge in [-0.3, -0.25) is 9.69 Å². The predicted molar refractivity (Wildman–Crippen MR) is 107 cm³/mol. The standard InChI is InChI=1S/C21H23FN2O3S/c1-15-2-8-18(9-3-15)24-20-14-28(26,27)13-19(20)23(12-21(24)25)11-10-16-4-6-17(22)7-5-16/h2-9,19-20H,10-14H2,1H3/t19-,20+/m0/s1. The first-order valence-electron chi connectivity index (χ1n) is 9.40. The lowest BCUT2D eigenvalue weighted by Crippen LogP contribution is -2.62. The van der Waals surface area contributed by atoms with Gasteiger partial charge in [-0.05, 0) is 43.2 Å². The summed E-state index contributed by atoms with van der Waals surface area (Å²) < 4.78 is 37.9. The highest BCUT2D eigenvalue weighted by Gasteiger charge is 2.49. The minimum atomic E-state index is -3.21. The highest BCUT2D eigenvalue weighted by molar-refractivity contribution is 7.91. The molecule has 2 heterocycles. The molecule has 2 fully saturated rings. The molecule has 2 saturated heterocycles. The number of sulfone groups is 1. The molecule has 5 nitrogen and oxygen atoms in total. The minimum absolute atomic E-state index is 0.00959. The second kappa shape index (κ2) is 7.29. The average Bonchev–Trinajstić information content (AvgIpc) is 2.97. The lowest BCUT2D eigenvalue weighted by molar-refractivity contribution is -0.123. The Balaban J connectivity index is 1.57. The average molecular weight is 402 g/mol. The van der Waals surface area contributed by atoms with Gasteiger partial charge in [-0.25, -0.2) is 12.8 Å². The third kappa shape index (κ3) is 3.82. The zero-order valence-electron chi connectivity index (χ0n) is 15.7. The molecule has 2 aliphatic heterocycles. The van der Waals surface area contributed by atoms with Gasteiger partial charge in [0.05, 0.1) is 24.1 Å². The smallest absolute Gasteiger partial charge is 0.241 e. The van der Waals surface area contributed by atoms with E-state index in [4.69, 9.17) is 0 Å². The fraction of sp³-hybridized carbons (Fsp3) is 0.381. The van der Waals surface area contributed by atoms with Crippen molar-refractivity contribution >= 4 is 21.4 Å². The van der Waals surface area contributed by atoms with Gasteiger partial charge in [0.1, 0.15) is 5.82 Å². The Morgan fingerprint density at radius 3 is 2.32 bits per heavy atom. The second-order valence-electron chi connectivity index (χ2n) is 7.66. The molecule has 2 aromatic carbocycles. The molecule has 4 rings (SSSR count). The first-order chi connectivity index (χ1) is 13.3. The van der Waals surface area contributed by atoms with E-state index in [1.54, 1.807) is 17.0 Å². The molecule has 0 aliphatic carbocycles. The normalized spacial score (nSPS) is 24.4. The maximum atomic E-state index is 13.1. The number of benzene rings is 2. The van der Waals surface area contributed by atoms with Gasteiger partial charge in [0.15, 0.2) is 9.84 Å². The molecule has 0 spiro atoms.